The summed E-state index contributed by atoms with van der Waals surface area (Å²) in [4.78, 5) is 30.3. The van der Waals surface area contributed by atoms with Gasteiger partial charge in [-0.3, -0.25) is 9.59 Å². The van der Waals surface area contributed by atoms with E-state index < -0.39 is 20.3 Å². The van der Waals surface area contributed by atoms with Gasteiger partial charge in [0, 0.05) is 5.69 Å². The summed E-state index contributed by atoms with van der Waals surface area (Å²) in [6, 6.07) is 13.0. The summed E-state index contributed by atoms with van der Waals surface area (Å²) < 4.78 is 30.4. The van der Waals surface area contributed by atoms with Crippen LogP contribution < -0.4 is 15.6 Å². The van der Waals surface area contributed by atoms with Crippen molar-refractivity contribution in [3.63, 3.8) is 0 Å². The molecule has 0 spiro atoms. The third-order valence-corrected chi connectivity index (χ3v) is 6.69. The monoisotopic (exact) mass is 445 g/mol. The van der Waals surface area contributed by atoms with E-state index in [2.05, 4.69) is 15.3 Å². The van der Waals surface area contributed by atoms with Gasteiger partial charge in [0.05, 0.1) is 24.0 Å². The number of thioether (sulfide) groups is 1. The number of aromatic nitrogens is 2. The topological polar surface area (TPSA) is 118 Å². The smallest absolute Gasteiger partial charge is 0.270 e. The number of carbonyl (C=O) groups is 1. The van der Waals surface area contributed by atoms with E-state index in [0.29, 0.717) is 11.4 Å². The number of aryl methyl sites for hydroxylation is 1. The van der Waals surface area contributed by atoms with E-state index in [1.807, 2.05) is 25.1 Å². The summed E-state index contributed by atoms with van der Waals surface area (Å²) in [6.07, 6.45) is 0.999. The van der Waals surface area contributed by atoms with Gasteiger partial charge in [0.15, 0.2) is 10.1 Å². The number of hydrogen-bond donors (Lipinski definition) is 2. The number of sulfone groups is 1. The summed E-state index contributed by atoms with van der Waals surface area (Å²) in [6.45, 7) is 1.92. The molecule has 1 heterocycles. The maximum absolute atomic E-state index is 12.7. The van der Waals surface area contributed by atoms with Crippen LogP contribution >= 0.6 is 11.8 Å². The first-order chi connectivity index (χ1) is 14.3. The van der Waals surface area contributed by atoms with Crippen molar-refractivity contribution in [1.82, 2.24) is 9.97 Å². The first-order valence-corrected chi connectivity index (χ1v) is 11.2. The molecule has 1 aromatic heterocycles. The molecule has 1 amide bonds. The van der Waals surface area contributed by atoms with E-state index in [4.69, 9.17) is 4.74 Å². The third kappa shape index (κ3) is 5.08. The molecule has 3 rings (SSSR count). The predicted molar refractivity (Wildman–Crippen MR) is 114 cm³/mol. The minimum absolute atomic E-state index is 0.00145. The molecular formula is C20H19N3O5S2. The van der Waals surface area contributed by atoms with Gasteiger partial charge in [0.25, 0.3) is 5.56 Å². The SMILES string of the molecule is COc1ccc(S(=O)(=O)c2cnc(SCC(=O)Nc3cccc(C)c3)[nH]c2=O)cc1. The number of carbonyl (C=O) groups excluding carboxylic acids is 1. The quantitative estimate of drug-likeness (QED) is 0.424. The van der Waals surface area contributed by atoms with Crippen LogP contribution in [-0.2, 0) is 14.6 Å². The largest absolute Gasteiger partial charge is 0.497 e. The Morgan fingerprint density at radius 3 is 2.57 bits per heavy atom. The van der Waals surface area contributed by atoms with Crippen LogP contribution in [0, 0.1) is 6.92 Å². The molecule has 0 saturated carbocycles. The first-order valence-electron chi connectivity index (χ1n) is 8.77. The number of ether oxygens (including phenoxy) is 1. The number of hydrogen-bond acceptors (Lipinski definition) is 7. The number of amides is 1. The molecular weight excluding hydrogens is 426 g/mol. The zero-order valence-corrected chi connectivity index (χ0v) is 17.8. The molecule has 3 aromatic rings. The second-order valence-corrected chi connectivity index (χ2v) is 9.15. The van der Waals surface area contributed by atoms with E-state index in [0.717, 1.165) is 23.5 Å². The Bertz CT molecular complexity index is 1220. The van der Waals surface area contributed by atoms with Crippen LogP contribution in [0.3, 0.4) is 0 Å². The summed E-state index contributed by atoms with van der Waals surface area (Å²) in [5.74, 6) is 0.224. The molecule has 8 nitrogen and oxygen atoms in total. The fraction of sp³-hybridized carbons (Fsp3) is 0.150. The molecule has 0 atom stereocenters. The average molecular weight is 446 g/mol. The van der Waals surface area contributed by atoms with Crippen LogP contribution in [0.5, 0.6) is 5.75 Å². The fourth-order valence-electron chi connectivity index (χ4n) is 2.57. The minimum atomic E-state index is -4.04. The van der Waals surface area contributed by atoms with Crippen molar-refractivity contribution >= 4 is 33.2 Å². The van der Waals surface area contributed by atoms with Crippen molar-refractivity contribution in [2.24, 2.45) is 0 Å². The Morgan fingerprint density at radius 1 is 1.20 bits per heavy atom. The number of rotatable bonds is 7. The number of H-pyrrole nitrogens is 1. The maximum atomic E-state index is 12.7. The first kappa shape index (κ1) is 21.6. The molecule has 30 heavy (non-hydrogen) atoms. The van der Waals surface area contributed by atoms with Gasteiger partial charge in [-0.25, -0.2) is 13.4 Å². The lowest BCUT2D eigenvalue weighted by Crippen LogP contribution is -2.20. The Morgan fingerprint density at radius 2 is 1.93 bits per heavy atom. The summed E-state index contributed by atoms with van der Waals surface area (Å²) in [7, 11) is -2.57. The van der Waals surface area contributed by atoms with E-state index in [1.54, 1.807) is 6.07 Å². The fourth-order valence-corrected chi connectivity index (χ4v) is 4.43. The van der Waals surface area contributed by atoms with Gasteiger partial charge in [-0.05, 0) is 48.9 Å². The van der Waals surface area contributed by atoms with Crippen LogP contribution in [-0.4, -0.2) is 37.2 Å². The predicted octanol–water partition coefficient (Wildman–Crippen LogP) is 2.65. The number of methoxy groups -OCH3 is 1. The summed E-state index contributed by atoms with van der Waals surface area (Å²) in [5, 5.41) is 2.89. The van der Waals surface area contributed by atoms with E-state index in [-0.39, 0.29) is 21.7 Å². The molecule has 0 saturated heterocycles. The highest BCUT2D eigenvalue weighted by Crippen LogP contribution is 2.21. The van der Waals surface area contributed by atoms with Crippen molar-refractivity contribution in [1.29, 1.82) is 0 Å². The molecule has 2 aromatic carbocycles. The van der Waals surface area contributed by atoms with Gasteiger partial charge in [0.1, 0.15) is 5.75 Å². The lowest BCUT2D eigenvalue weighted by atomic mass is 10.2. The number of anilines is 1. The Labute approximate surface area is 177 Å². The molecule has 0 aliphatic rings. The van der Waals surface area contributed by atoms with E-state index in [9.17, 15) is 18.0 Å². The second-order valence-electron chi connectivity index (χ2n) is 6.27. The van der Waals surface area contributed by atoms with E-state index >= 15 is 0 Å². The Balaban J connectivity index is 1.70. The Kier molecular flexibility index (Phi) is 6.58. The molecule has 0 bridgehead atoms. The normalized spacial score (nSPS) is 11.1. The molecule has 0 aliphatic heterocycles. The van der Waals surface area contributed by atoms with Crippen LogP contribution in [0.4, 0.5) is 5.69 Å². The van der Waals surface area contributed by atoms with Crippen LogP contribution in [0.2, 0.25) is 0 Å². The van der Waals surface area contributed by atoms with Crippen molar-refractivity contribution in [3.05, 3.63) is 70.6 Å². The van der Waals surface area contributed by atoms with Crippen molar-refractivity contribution in [2.75, 3.05) is 18.2 Å². The van der Waals surface area contributed by atoms with Crippen molar-refractivity contribution < 1.29 is 17.9 Å². The molecule has 0 unspecified atom stereocenters. The second kappa shape index (κ2) is 9.14. The highest BCUT2D eigenvalue weighted by Gasteiger charge is 2.22. The van der Waals surface area contributed by atoms with Gasteiger partial charge in [-0.1, -0.05) is 23.9 Å². The minimum Gasteiger partial charge on any atom is -0.497 e. The van der Waals surface area contributed by atoms with Crippen molar-refractivity contribution in [2.45, 2.75) is 21.9 Å². The highest BCUT2D eigenvalue weighted by atomic mass is 32.2. The van der Waals surface area contributed by atoms with Crippen molar-refractivity contribution in [3.8, 4) is 5.75 Å². The van der Waals surface area contributed by atoms with E-state index in [1.165, 1.54) is 31.4 Å². The number of nitrogens with zero attached hydrogens (tertiary/aromatic N) is 1. The highest BCUT2D eigenvalue weighted by molar-refractivity contribution is 7.99. The van der Waals surface area contributed by atoms with Gasteiger partial charge < -0.3 is 15.0 Å². The summed E-state index contributed by atoms with van der Waals surface area (Å²) in [5.41, 5.74) is 0.880. The standard InChI is InChI=1S/C20H19N3O5S2/c1-13-4-3-5-14(10-13)22-18(24)12-29-20-21-11-17(19(25)23-20)30(26,27)16-8-6-15(28-2)7-9-16/h3-11H,12H2,1-2H3,(H,22,24)(H,21,23,25). The van der Waals surface area contributed by atoms with Gasteiger partial charge in [-0.2, -0.15) is 0 Å². The maximum Gasteiger partial charge on any atom is 0.270 e. The van der Waals surface area contributed by atoms with Gasteiger partial charge in [0.2, 0.25) is 15.7 Å². The van der Waals surface area contributed by atoms with Gasteiger partial charge in [-0.15, -0.1) is 0 Å². The zero-order valence-electron chi connectivity index (χ0n) is 16.2. The molecule has 156 valence electrons. The lowest BCUT2D eigenvalue weighted by molar-refractivity contribution is -0.113. The number of nitrogens with one attached hydrogen (secondary N) is 2. The lowest BCUT2D eigenvalue weighted by Gasteiger charge is -2.07. The van der Waals surface area contributed by atoms with Crippen LogP contribution in [0.15, 0.2) is 74.5 Å². The number of benzene rings is 2. The molecule has 0 fully saturated rings. The molecule has 2 N–H and O–H groups in total. The molecule has 0 radical (unpaired) electrons. The number of aromatic amines is 1. The average Bonchev–Trinajstić information content (AvgIpc) is 2.72. The van der Waals surface area contributed by atoms with Crippen LogP contribution in [0.25, 0.3) is 0 Å². The van der Waals surface area contributed by atoms with Crippen LogP contribution in [0.1, 0.15) is 5.56 Å². The molecule has 10 heteroatoms. The summed E-state index contributed by atoms with van der Waals surface area (Å²) >= 11 is 0.996. The Hall–Kier alpha value is -3.11. The third-order valence-electron chi connectivity index (χ3n) is 4.04. The zero-order chi connectivity index (χ0) is 21.7. The van der Waals surface area contributed by atoms with Gasteiger partial charge >= 0.3 is 0 Å². The molecule has 0 aliphatic carbocycles.